The molecule has 2 aliphatic rings. The van der Waals surface area contributed by atoms with E-state index in [0.29, 0.717) is 17.7 Å². The maximum atomic E-state index is 13.5. The minimum Gasteiger partial charge on any atom is -0.406 e. The fourth-order valence-corrected chi connectivity index (χ4v) is 5.35. The first-order valence-corrected chi connectivity index (χ1v) is 10.7. The Morgan fingerprint density at radius 3 is 2.06 bits per heavy atom. The second kappa shape index (κ2) is 7.90. The van der Waals surface area contributed by atoms with Crippen LogP contribution >= 0.6 is 0 Å². The molecule has 2 amide bonds. The van der Waals surface area contributed by atoms with Crippen molar-refractivity contribution in [1.82, 2.24) is 0 Å². The molecule has 2 aromatic carbocycles. The number of carbonyl (C=O) groups excluding carboxylic acids is 2. The third kappa shape index (κ3) is 3.65. The average Bonchev–Trinajstić information content (AvgIpc) is 3.33. The molecule has 4 nitrogen and oxygen atoms in total. The van der Waals surface area contributed by atoms with Gasteiger partial charge in [0.05, 0.1) is 17.5 Å². The molecule has 1 heterocycles. The summed E-state index contributed by atoms with van der Waals surface area (Å²) >= 11 is 0. The quantitative estimate of drug-likeness (QED) is 0.410. The second-order valence-corrected chi connectivity index (χ2v) is 8.54. The Balaban J connectivity index is 1.76. The number of halogens is 3. The molecule has 4 rings (SSSR count). The highest BCUT2D eigenvalue weighted by molar-refractivity contribution is 6.27. The second-order valence-electron chi connectivity index (χ2n) is 8.54. The van der Waals surface area contributed by atoms with E-state index in [1.807, 2.05) is 26.8 Å². The zero-order valence-electron chi connectivity index (χ0n) is 18.6. The predicted octanol–water partition coefficient (Wildman–Crippen LogP) is 5.78. The summed E-state index contributed by atoms with van der Waals surface area (Å²) in [5.74, 6) is -2.19. The van der Waals surface area contributed by atoms with Gasteiger partial charge in [-0.3, -0.25) is 9.59 Å². The van der Waals surface area contributed by atoms with Crippen LogP contribution in [0.5, 0.6) is 5.75 Å². The number of hydrogen-bond donors (Lipinski definition) is 0. The van der Waals surface area contributed by atoms with Gasteiger partial charge in [-0.05, 0) is 61.2 Å². The summed E-state index contributed by atoms with van der Waals surface area (Å²) in [6, 6.07) is 11.0. The lowest BCUT2D eigenvalue weighted by atomic mass is 9.80. The number of ether oxygens (including phenoxy) is 1. The first kappa shape index (κ1) is 22.8. The molecule has 2 atom stereocenters. The summed E-state index contributed by atoms with van der Waals surface area (Å²) in [5, 5.41) is 0. The van der Waals surface area contributed by atoms with Crippen molar-refractivity contribution < 1.29 is 27.5 Å². The normalized spacial score (nSPS) is 24.7. The molecule has 2 aromatic rings. The number of rotatable bonds is 6. The van der Waals surface area contributed by atoms with Crippen LogP contribution in [0.1, 0.15) is 30.0 Å². The molecule has 172 valence electrons. The Hall–Kier alpha value is -3.35. The molecule has 2 fully saturated rings. The Labute approximate surface area is 190 Å². The fraction of sp³-hybridized carbons (Fsp3) is 0.308. The van der Waals surface area contributed by atoms with Gasteiger partial charge < -0.3 is 4.74 Å². The summed E-state index contributed by atoms with van der Waals surface area (Å²) < 4.78 is 41.7. The third-order valence-electron chi connectivity index (χ3n) is 6.44. The molecule has 0 bridgehead atoms. The van der Waals surface area contributed by atoms with Crippen molar-refractivity contribution >= 4 is 17.5 Å². The van der Waals surface area contributed by atoms with E-state index in [4.69, 9.17) is 0 Å². The Morgan fingerprint density at radius 2 is 1.61 bits per heavy atom. The molecule has 0 aromatic heterocycles. The standard InChI is InChI=1S/C26H24F3NO3/c1-5-7-17(6-2)25(18-8-10-20(11-9-18)33-26(27,28)29)21-22(25)24(32)30(23(21)31)19-13-15(3)12-16(4)14-19/h5,7-14,21-22H,1,6H2,2-4H3/b17-7+. The minimum atomic E-state index is -4.80. The zero-order valence-corrected chi connectivity index (χ0v) is 18.6. The molecular formula is C26H24F3NO3. The molecule has 0 radical (unpaired) electrons. The lowest BCUT2D eigenvalue weighted by Gasteiger charge is -2.28. The molecule has 1 saturated carbocycles. The molecule has 1 aliphatic carbocycles. The van der Waals surface area contributed by atoms with E-state index in [9.17, 15) is 22.8 Å². The lowest BCUT2D eigenvalue weighted by molar-refractivity contribution is -0.274. The Bertz CT molecular complexity index is 1120. The van der Waals surface area contributed by atoms with Gasteiger partial charge in [0.2, 0.25) is 11.8 Å². The van der Waals surface area contributed by atoms with Crippen LogP contribution in [0.25, 0.3) is 0 Å². The van der Waals surface area contributed by atoms with Gasteiger partial charge in [-0.1, -0.05) is 49.4 Å². The first-order chi connectivity index (χ1) is 15.5. The van der Waals surface area contributed by atoms with Crippen molar-refractivity contribution in [3.8, 4) is 5.75 Å². The third-order valence-corrected chi connectivity index (χ3v) is 6.44. The van der Waals surface area contributed by atoms with Crippen molar-refractivity contribution in [1.29, 1.82) is 0 Å². The van der Waals surface area contributed by atoms with E-state index in [1.165, 1.54) is 29.2 Å². The summed E-state index contributed by atoms with van der Waals surface area (Å²) in [7, 11) is 0. The number of benzene rings is 2. The number of alkyl halides is 3. The van der Waals surface area contributed by atoms with E-state index in [2.05, 4.69) is 11.3 Å². The number of carbonyl (C=O) groups is 2. The summed E-state index contributed by atoms with van der Waals surface area (Å²) in [4.78, 5) is 28.3. The van der Waals surface area contributed by atoms with Crippen molar-refractivity contribution in [3.05, 3.63) is 83.5 Å². The topological polar surface area (TPSA) is 46.6 Å². The highest BCUT2D eigenvalue weighted by atomic mass is 19.4. The lowest BCUT2D eigenvalue weighted by Crippen LogP contribution is -2.39. The molecule has 7 heteroatoms. The van der Waals surface area contributed by atoms with Crippen LogP contribution in [0.15, 0.2) is 66.8 Å². The fourth-order valence-electron chi connectivity index (χ4n) is 5.35. The number of piperidine rings is 1. The number of fused-ring (bicyclic) bond motifs is 1. The van der Waals surface area contributed by atoms with Gasteiger partial charge in [0.15, 0.2) is 0 Å². The number of anilines is 1. The molecule has 1 saturated heterocycles. The molecular weight excluding hydrogens is 431 g/mol. The van der Waals surface area contributed by atoms with E-state index < -0.39 is 23.6 Å². The SMILES string of the molecule is C=C/C=C(\CC)C1(c2ccc(OC(F)(F)F)cc2)C2C(=O)N(c3cc(C)cc(C)c3)C(=O)C21. The summed E-state index contributed by atoms with van der Waals surface area (Å²) in [6.07, 6.45) is -0.846. The van der Waals surface area contributed by atoms with Crippen molar-refractivity contribution in [2.45, 2.75) is 39.0 Å². The largest absolute Gasteiger partial charge is 0.573 e. The maximum absolute atomic E-state index is 13.5. The molecule has 0 N–H and O–H groups in total. The monoisotopic (exact) mass is 455 g/mol. The van der Waals surface area contributed by atoms with Crippen LogP contribution in [0.4, 0.5) is 18.9 Å². The summed E-state index contributed by atoms with van der Waals surface area (Å²) in [6.45, 7) is 9.47. The van der Waals surface area contributed by atoms with Crippen LogP contribution in [0, 0.1) is 25.7 Å². The van der Waals surface area contributed by atoms with Gasteiger partial charge in [0.1, 0.15) is 5.75 Å². The van der Waals surface area contributed by atoms with Crippen LogP contribution in [0.2, 0.25) is 0 Å². The van der Waals surface area contributed by atoms with E-state index in [1.54, 1.807) is 24.3 Å². The zero-order chi connectivity index (χ0) is 24.1. The number of hydrogen-bond acceptors (Lipinski definition) is 3. The number of amides is 2. The van der Waals surface area contributed by atoms with E-state index in [0.717, 1.165) is 16.7 Å². The Morgan fingerprint density at radius 1 is 1.06 bits per heavy atom. The predicted molar refractivity (Wildman–Crippen MR) is 119 cm³/mol. The van der Waals surface area contributed by atoms with Crippen LogP contribution in [-0.4, -0.2) is 18.2 Å². The van der Waals surface area contributed by atoms with Crippen LogP contribution in [-0.2, 0) is 15.0 Å². The van der Waals surface area contributed by atoms with Gasteiger partial charge in [0, 0.05) is 5.41 Å². The smallest absolute Gasteiger partial charge is 0.406 e. The average molecular weight is 455 g/mol. The van der Waals surface area contributed by atoms with E-state index >= 15 is 0 Å². The highest BCUT2D eigenvalue weighted by Crippen LogP contribution is 2.69. The van der Waals surface area contributed by atoms with Crippen LogP contribution in [0.3, 0.4) is 0 Å². The van der Waals surface area contributed by atoms with Crippen LogP contribution < -0.4 is 9.64 Å². The van der Waals surface area contributed by atoms with Crippen molar-refractivity contribution in [2.75, 3.05) is 4.90 Å². The maximum Gasteiger partial charge on any atom is 0.573 e. The molecule has 1 aliphatic heterocycles. The number of allylic oxidation sites excluding steroid dienone is 3. The van der Waals surface area contributed by atoms with Gasteiger partial charge in [-0.25, -0.2) is 4.90 Å². The first-order valence-electron chi connectivity index (χ1n) is 10.7. The molecule has 33 heavy (non-hydrogen) atoms. The minimum absolute atomic E-state index is 0.297. The molecule has 0 spiro atoms. The van der Waals surface area contributed by atoms with Gasteiger partial charge in [0.25, 0.3) is 0 Å². The van der Waals surface area contributed by atoms with Crippen molar-refractivity contribution in [3.63, 3.8) is 0 Å². The molecule has 2 unspecified atom stereocenters. The summed E-state index contributed by atoms with van der Waals surface area (Å²) in [5.41, 5.74) is 2.99. The number of aryl methyl sites for hydroxylation is 2. The Kier molecular flexibility index (Phi) is 5.47. The van der Waals surface area contributed by atoms with Gasteiger partial charge >= 0.3 is 6.36 Å². The van der Waals surface area contributed by atoms with E-state index in [-0.39, 0.29) is 17.6 Å². The number of imide groups is 1. The van der Waals surface area contributed by atoms with Gasteiger partial charge in [-0.15, -0.1) is 13.2 Å². The van der Waals surface area contributed by atoms with Gasteiger partial charge in [-0.2, -0.15) is 0 Å². The van der Waals surface area contributed by atoms with Crippen molar-refractivity contribution in [2.24, 2.45) is 11.8 Å². The number of nitrogens with zero attached hydrogens (tertiary/aromatic N) is 1. The highest BCUT2D eigenvalue weighted by Gasteiger charge is 2.78.